The van der Waals surface area contributed by atoms with E-state index in [1.54, 1.807) is 0 Å². The molecule has 23 heavy (non-hydrogen) atoms. The number of aryl methyl sites for hydroxylation is 1. The van der Waals surface area contributed by atoms with Gasteiger partial charge in [0.25, 0.3) is 0 Å². The van der Waals surface area contributed by atoms with Gasteiger partial charge in [-0.25, -0.2) is 0 Å². The Labute approximate surface area is 137 Å². The number of hydrogen-bond acceptors (Lipinski definition) is 4. The Morgan fingerprint density at radius 1 is 1.09 bits per heavy atom. The van der Waals surface area contributed by atoms with Gasteiger partial charge in [0, 0.05) is 18.8 Å². The number of aromatic nitrogens is 1. The molecule has 2 rings (SSSR count). The van der Waals surface area contributed by atoms with Crippen molar-refractivity contribution in [2.24, 2.45) is 0 Å². The highest BCUT2D eigenvalue weighted by molar-refractivity contribution is 5.94. The standard InChI is InChI=1S/C18H25N3O2/c1-4-6-12-20(13-7-5-2)17-11-10-16-15(18(17)21(22)23)9-8-14(3)19-16/h8-11H,4-7,12-13H2,1-3H3. The summed E-state index contributed by atoms with van der Waals surface area (Å²) in [6.07, 6.45) is 4.21. The Bertz CT molecular complexity index is 677. The predicted molar refractivity (Wildman–Crippen MR) is 95.2 cm³/mol. The minimum atomic E-state index is -0.264. The molecule has 2 aromatic rings. The number of benzene rings is 1. The summed E-state index contributed by atoms with van der Waals surface area (Å²) in [4.78, 5) is 18.0. The third kappa shape index (κ3) is 3.97. The van der Waals surface area contributed by atoms with Gasteiger partial charge in [-0.3, -0.25) is 15.1 Å². The van der Waals surface area contributed by atoms with E-state index >= 15 is 0 Å². The Balaban J connectivity index is 2.53. The van der Waals surface area contributed by atoms with Crippen LogP contribution in [0.1, 0.15) is 45.2 Å². The van der Waals surface area contributed by atoms with Gasteiger partial charge in [0.1, 0.15) is 5.69 Å². The fourth-order valence-electron chi connectivity index (χ4n) is 2.78. The molecule has 0 aliphatic rings. The number of anilines is 1. The average Bonchev–Trinajstić information content (AvgIpc) is 2.53. The topological polar surface area (TPSA) is 59.3 Å². The maximum absolute atomic E-state index is 11.7. The highest BCUT2D eigenvalue weighted by Crippen LogP contribution is 2.35. The van der Waals surface area contributed by atoms with Gasteiger partial charge in [-0.2, -0.15) is 0 Å². The third-order valence-electron chi connectivity index (χ3n) is 4.05. The van der Waals surface area contributed by atoms with Gasteiger partial charge in [0.05, 0.1) is 15.8 Å². The molecule has 0 amide bonds. The zero-order valence-electron chi connectivity index (χ0n) is 14.2. The molecule has 0 unspecified atom stereocenters. The summed E-state index contributed by atoms with van der Waals surface area (Å²) >= 11 is 0. The van der Waals surface area contributed by atoms with Crippen LogP contribution in [0.5, 0.6) is 0 Å². The van der Waals surface area contributed by atoms with Crippen LogP contribution in [0.25, 0.3) is 10.9 Å². The van der Waals surface area contributed by atoms with Crippen molar-refractivity contribution in [3.05, 3.63) is 40.1 Å². The molecule has 5 nitrogen and oxygen atoms in total. The zero-order chi connectivity index (χ0) is 16.8. The van der Waals surface area contributed by atoms with Crippen LogP contribution in [-0.4, -0.2) is 23.0 Å². The summed E-state index contributed by atoms with van der Waals surface area (Å²) in [5.74, 6) is 0. The van der Waals surface area contributed by atoms with Crippen LogP contribution < -0.4 is 4.90 Å². The molecular weight excluding hydrogens is 290 g/mol. The zero-order valence-corrected chi connectivity index (χ0v) is 14.2. The summed E-state index contributed by atoms with van der Waals surface area (Å²) in [5.41, 5.74) is 2.46. The van der Waals surface area contributed by atoms with Crippen molar-refractivity contribution in [1.29, 1.82) is 0 Å². The molecule has 0 atom stereocenters. The van der Waals surface area contributed by atoms with E-state index in [2.05, 4.69) is 23.7 Å². The maximum atomic E-state index is 11.7. The van der Waals surface area contributed by atoms with E-state index in [-0.39, 0.29) is 10.6 Å². The van der Waals surface area contributed by atoms with Gasteiger partial charge >= 0.3 is 5.69 Å². The average molecular weight is 315 g/mol. The second kappa shape index (κ2) is 7.90. The van der Waals surface area contributed by atoms with E-state index < -0.39 is 0 Å². The van der Waals surface area contributed by atoms with Crippen molar-refractivity contribution in [3.8, 4) is 0 Å². The summed E-state index contributed by atoms with van der Waals surface area (Å²) in [6, 6.07) is 7.41. The van der Waals surface area contributed by atoms with E-state index in [9.17, 15) is 10.1 Å². The molecule has 0 N–H and O–H groups in total. The minimum Gasteiger partial charge on any atom is -0.366 e. The van der Waals surface area contributed by atoms with Crippen LogP contribution in [-0.2, 0) is 0 Å². The van der Waals surface area contributed by atoms with E-state index in [0.717, 1.165) is 50.2 Å². The van der Waals surface area contributed by atoms with Crippen molar-refractivity contribution < 1.29 is 4.92 Å². The predicted octanol–water partition coefficient (Wildman–Crippen LogP) is 4.86. The maximum Gasteiger partial charge on any atom is 0.301 e. The molecule has 0 radical (unpaired) electrons. The lowest BCUT2D eigenvalue weighted by atomic mass is 10.1. The number of nitrogens with zero attached hydrogens (tertiary/aromatic N) is 3. The van der Waals surface area contributed by atoms with Gasteiger partial charge < -0.3 is 4.90 Å². The number of nitro groups is 1. The highest BCUT2D eigenvalue weighted by atomic mass is 16.6. The van der Waals surface area contributed by atoms with Crippen molar-refractivity contribution in [2.75, 3.05) is 18.0 Å². The van der Waals surface area contributed by atoms with Crippen molar-refractivity contribution in [3.63, 3.8) is 0 Å². The van der Waals surface area contributed by atoms with E-state index in [0.29, 0.717) is 10.9 Å². The largest absolute Gasteiger partial charge is 0.366 e. The second-order valence-corrected chi connectivity index (χ2v) is 5.90. The molecule has 0 saturated heterocycles. The first-order valence-corrected chi connectivity index (χ1v) is 8.38. The van der Waals surface area contributed by atoms with Gasteiger partial charge in [0.2, 0.25) is 0 Å². The van der Waals surface area contributed by atoms with Gasteiger partial charge in [-0.05, 0) is 44.0 Å². The minimum absolute atomic E-state index is 0.183. The number of unbranched alkanes of at least 4 members (excludes halogenated alkanes) is 2. The SMILES string of the molecule is CCCCN(CCCC)c1ccc2nc(C)ccc2c1[N+](=O)[O-]. The summed E-state index contributed by atoms with van der Waals surface area (Å²) in [6.45, 7) is 7.87. The molecule has 0 fully saturated rings. The molecule has 1 heterocycles. The van der Waals surface area contributed by atoms with Crippen LogP contribution in [0.15, 0.2) is 24.3 Å². The first-order valence-electron chi connectivity index (χ1n) is 8.38. The quantitative estimate of drug-likeness (QED) is 0.515. The first-order chi connectivity index (χ1) is 11.1. The van der Waals surface area contributed by atoms with Crippen LogP contribution in [0, 0.1) is 17.0 Å². The second-order valence-electron chi connectivity index (χ2n) is 5.90. The van der Waals surface area contributed by atoms with Crippen molar-refractivity contribution in [2.45, 2.75) is 46.5 Å². The van der Waals surface area contributed by atoms with Crippen molar-refractivity contribution in [1.82, 2.24) is 4.98 Å². The monoisotopic (exact) mass is 315 g/mol. The summed E-state index contributed by atoms with van der Waals surface area (Å²) < 4.78 is 0. The normalized spacial score (nSPS) is 10.9. The van der Waals surface area contributed by atoms with Gasteiger partial charge in [0.15, 0.2) is 0 Å². The molecule has 1 aromatic carbocycles. The Morgan fingerprint density at radius 2 is 1.74 bits per heavy atom. The van der Waals surface area contributed by atoms with E-state index in [1.165, 1.54) is 0 Å². The van der Waals surface area contributed by atoms with E-state index in [1.807, 2.05) is 31.2 Å². The highest BCUT2D eigenvalue weighted by Gasteiger charge is 2.23. The number of rotatable bonds is 8. The fraction of sp³-hybridized carbons (Fsp3) is 0.500. The molecule has 0 spiro atoms. The number of fused-ring (bicyclic) bond motifs is 1. The molecule has 1 aromatic heterocycles. The van der Waals surface area contributed by atoms with Gasteiger partial charge in [-0.1, -0.05) is 26.7 Å². The smallest absolute Gasteiger partial charge is 0.301 e. The number of hydrogen-bond donors (Lipinski definition) is 0. The summed E-state index contributed by atoms with van der Waals surface area (Å²) in [7, 11) is 0. The Morgan fingerprint density at radius 3 is 2.30 bits per heavy atom. The van der Waals surface area contributed by atoms with Crippen molar-refractivity contribution >= 4 is 22.3 Å². The third-order valence-corrected chi connectivity index (χ3v) is 4.05. The molecule has 5 heteroatoms. The molecular formula is C18H25N3O2. The van der Waals surface area contributed by atoms with Crippen LogP contribution in [0.3, 0.4) is 0 Å². The molecule has 0 aliphatic carbocycles. The summed E-state index contributed by atoms with van der Waals surface area (Å²) in [5, 5.41) is 12.3. The fourth-order valence-corrected chi connectivity index (χ4v) is 2.78. The lowest BCUT2D eigenvalue weighted by molar-refractivity contribution is -0.382. The molecule has 124 valence electrons. The van der Waals surface area contributed by atoms with E-state index in [4.69, 9.17) is 0 Å². The molecule has 0 aliphatic heterocycles. The number of nitro benzene ring substituents is 1. The van der Waals surface area contributed by atoms with Gasteiger partial charge in [-0.15, -0.1) is 0 Å². The molecule has 0 saturated carbocycles. The Hall–Kier alpha value is -2.17. The lowest BCUT2D eigenvalue weighted by Gasteiger charge is -2.24. The first kappa shape index (κ1) is 17.2. The van der Waals surface area contributed by atoms with Crippen LogP contribution in [0.2, 0.25) is 0 Å². The van der Waals surface area contributed by atoms with Crippen LogP contribution >= 0.6 is 0 Å². The molecule has 0 bridgehead atoms. The Kier molecular flexibility index (Phi) is 5.90. The van der Waals surface area contributed by atoms with Crippen LogP contribution in [0.4, 0.5) is 11.4 Å². The number of pyridine rings is 1. The lowest BCUT2D eigenvalue weighted by Crippen LogP contribution is -2.26.